The Morgan fingerprint density at radius 1 is 1.18 bits per heavy atom. The van der Waals surface area contributed by atoms with Gasteiger partial charge in [0.25, 0.3) is 0 Å². The van der Waals surface area contributed by atoms with Crippen molar-refractivity contribution in [3.63, 3.8) is 0 Å². The Balaban J connectivity index is 1.85. The highest BCUT2D eigenvalue weighted by Crippen LogP contribution is 2.29. The SMILES string of the molecule is CC(CN)c1cn(CCN2CCCCC2)c2ccc(Cl)cc12. The molecule has 1 saturated heterocycles. The number of nitrogens with two attached hydrogens (primary N) is 1. The van der Waals surface area contributed by atoms with E-state index in [0.29, 0.717) is 12.5 Å². The Kier molecular flexibility index (Phi) is 5.07. The highest BCUT2D eigenvalue weighted by Gasteiger charge is 2.15. The quantitative estimate of drug-likeness (QED) is 0.908. The maximum absolute atomic E-state index is 6.20. The van der Waals surface area contributed by atoms with E-state index in [-0.39, 0.29) is 0 Å². The van der Waals surface area contributed by atoms with Crippen molar-refractivity contribution in [2.24, 2.45) is 5.73 Å². The van der Waals surface area contributed by atoms with Crippen molar-refractivity contribution < 1.29 is 0 Å². The largest absolute Gasteiger partial charge is 0.346 e. The molecule has 2 aromatic rings. The van der Waals surface area contributed by atoms with Crippen LogP contribution in [0.4, 0.5) is 0 Å². The Bertz CT molecular complexity index is 629. The fourth-order valence-electron chi connectivity index (χ4n) is 3.43. The fourth-order valence-corrected chi connectivity index (χ4v) is 3.61. The zero-order chi connectivity index (χ0) is 15.5. The number of likely N-dealkylation sites (tertiary alicyclic amines) is 1. The Hall–Kier alpha value is -1.03. The van der Waals surface area contributed by atoms with E-state index < -0.39 is 0 Å². The zero-order valence-electron chi connectivity index (χ0n) is 13.4. The molecule has 4 heteroatoms. The van der Waals surface area contributed by atoms with Crippen molar-refractivity contribution in [3.8, 4) is 0 Å². The van der Waals surface area contributed by atoms with Gasteiger partial charge >= 0.3 is 0 Å². The maximum Gasteiger partial charge on any atom is 0.0484 e. The molecule has 1 fully saturated rings. The molecular weight excluding hydrogens is 294 g/mol. The van der Waals surface area contributed by atoms with Crippen molar-refractivity contribution in [2.45, 2.75) is 38.6 Å². The molecule has 120 valence electrons. The van der Waals surface area contributed by atoms with Crippen LogP contribution >= 0.6 is 11.6 Å². The second-order valence-electron chi connectivity index (χ2n) is 6.48. The lowest BCUT2D eigenvalue weighted by Crippen LogP contribution is -2.32. The molecule has 0 radical (unpaired) electrons. The third kappa shape index (κ3) is 3.32. The first-order chi connectivity index (χ1) is 10.7. The number of benzene rings is 1. The number of rotatable bonds is 5. The van der Waals surface area contributed by atoms with Crippen LogP contribution in [0.2, 0.25) is 5.02 Å². The second kappa shape index (κ2) is 7.03. The van der Waals surface area contributed by atoms with Gasteiger partial charge in [-0.15, -0.1) is 0 Å². The number of fused-ring (bicyclic) bond motifs is 1. The fraction of sp³-hybridized carbons (Fsp3) is 0.556. The molecule has 1 unspecified atom stereocenters. The average molecular weight is 320 g/mol. The van der Waals surface area contributed by atoms with E-state index in [1.165, 1.54) is 48.8 Å². The van der Waals surface area contributed by atoms with E-state index >= 15 is 0 Å². The van der Waals surface area contributed by atoms with Crippen LogP contribution in [0.1, 0.15) is 37.7 Å². The van der Waals surface area contributed by atoms with E-state index in [1.807, 2.05) is 6.07 Å². The number of aromatic nitrogens is 1. The summed E-state index contributed by atoms with van der Waals surface area (Å²) in [5, 5.41) is 2.05. The molecule has 0 amide bonds. The summed E-state index contributed by atoms with van der Waals surface area (Å²) in [6, 6.07) is 6.20. The van der Waals surface area contributed by atoms with E-state index in [9.17, 15) is 0 Å². The smallest absolute Gasteiger partial charge is 0.0484 e. The van der Waals surface area contributed by atoms with Gasteiger partial charge in [-0.25, -0.2) is 0 Å². The van der Waals surface area contributed by atoms with Gasteiger partial charge in [-0.2, -0.15) is 0 Å². The molecule has 3 nitrogen and oxygen atoms in total. The van der Waals surface area contributed by atoms with Crippen LogP contribution in [0.5, 0.6) is 0 Å². The summed E-state index contributed by atoms with van der Waals surface area (Å²) in [6.07, 6.45) is 6.36. The van der Waals surface area contributed by atoms with Gasteiger partial charge in [0.2, 0.25) is 0 Å². The molecular formula is C18H26ClN3. The van der Waals surface area contributed by atoms with Gasteiger partial charge in [0.1, 0.15) is 0 Å². The second-order valence-corrected chi connectivity index (χ2v) is 6.91. The Labute approximate surface area is 138 Å². The van der Waals surface area contributed by atoms with Gasteiger partial charge in [0.15, 0.2) is 0 Å². The lowest BCUT2D eigenvalue weighted by atomic mass is 10.0. The molecule has 0 aliphatic carbocycles. The number of halogens is 1. The van der Waals surface area contributed by atoms with Crippen LogP contribution in [0.25, 0.3) is 10.9 Å². The molecule has 22 heavy (non-hydrogen) atoms. The zero-order valence-corrected chi connectivity index (χ0v) is 14.1. The van der Waals surface area contributed by atoms with Crippen molar-refractivity contribution in [2.75, 3.05) is 26.2 Å². The number of hydrogen-bond acceptors (Lipinski definition) is 2. The molecule has 0 bridgehead atoms. The number of piperidine rings is 1. The Morgan fingerprint density at radius 2 is 1.95 bits per heavy atom. The van der Waals surface area contributed by atoms with Gasteiger partial charge in [-0.1, -0.05) is 24.9 Å². The van der Waals surface area contributed by atoms with Crippen LogP contribution in [0.15, 0.2) is 24.4 Å². The molecule has 0 saturated carbocycles. The lowest BCUT2D eigenvalue weighted by Gasteiger charge is -2.26. The van der Waals surface area contributed by atoms with Gasteiger partial charge in [0.05, 0.1) is 0 Å². The summed E-state index contributed by atoms with van der Waals surface area (Å²) in [5.41, 5.74) is 8.48. The third-order valence-corrected chi connectivity index (χ3v) is 5.10. The van der Waals surface area contributed by atoms with Gasteiger partial charge in [-0.3, -0.25) is 0 Å². The van der Waals surface area contributed by atoms with E-state index in [2.05, 4.69) is 34.7 Å². The van der Waals surface area contributed by atoms with E-state index in [1.54, 1.807) is 0 Å². The summed E-state index contributed by atoms with van der Waals surface area (Å²) in [4.78, 5) is 2.58. The first-order valence-corrected chi connectivity index (χ1v) is 8.77. The third-order valence-electron chi connectivity index (χ3n) is 4.86. The van der Waals surface area contributed by atoms with Gasteiger partial charge < -0.3 is 15.2 Å². The molecule has 1 aliphatic rings. The first kappa shape index (κ1) is 15.9. The van der Waals surface area contributed by atoms with Crippen LogP contribution in [0, 0.1) is 0 Å². The lowest BCUT2D eigenvalue weighted by molar-refractivity contribution is 0.221. The highest BCUT2D eigenvalue weighted by molar-refractivity contribution is 6.31. The van der Waals surface area contributed by atoms with Crippen LogP contribution in [0.3, 0.4) is 0 Å². The molecule has 0 spiro atoms. The minimum absolute atomic E-state index is 0.359. The molecule has 1 aromatic heterocycles. The summed E-state index contributed by atoms with van der Waals surface area (Å²) < 4.78 is 2.38. The molecule has 1 aromatic carbocycles. The predicted octanol–water partition coefficient (Wildman–Crippen LogP) is 3.84. The molecule has 1 atom stereocenters. The van der Waals surface area contributed by atoms with E-state index in [0.717, 1.165) is 18.1 Å². The summed E-state index contributed by atoms with van der Waals surface area (Å²) in [7, 11) is 0. The van der Waals surface area contributed by atoms with Crippen LogP contribution < -0.4 is 5.73 Å². The number of hydrogen-bond donors (Lipinski definition) is 1. The predicted molar refractivity (Wildman–Crippen MR) is 94.7 cm³/mol. The summed E-state index contributed by atoms with van der Waals surface area (Å²) in [6.45, 7) is 7.51. The number of nitrogens with zero attached hydrogens (tertiary/aromatic N) is 2. The molecule has 3 rings (SSSR count). The van der Waals surface area contributed by atoms with Crippen molar-refractivity contribution in [1.29, 1.82) is 0 Å². The first-order valence-electron chi connectivity index (χ1n) is 8.39. The van der Waals surface area contributed by atoms with Gasteiger partial charge in [0, 0.05) is 35.2 Å². The monoisotopic (exact) mass is 319 g/mol. The molecule has 2 N–H and O–H groups in total. The van der Waals surface area contributed by atoms with E-state index in [4.69, 9.17) is 17.3 Å². The minimum Gasteiger partial charge on any atom is -0.346 e. The normalized spacial score (nSPS) is 18.0. The van der Waals surface area contributed by atoms with Crippen LogP contribution in [-0.2, 0) is 6.54 Å². The summed E-state index contributed by atoms with van der Waals surface area (Å²) >= 11 is 6.20. The molecule has 1 aliphatic heterocycles. The van der Waals surface area contributed by atoms with Crippen molar-refractivity contribution >= 4 is 22.5 Å². The molecule has 2 heterocycles. The van der Waals surface area contributed by atoms with Crippen LogP contribution in [-0.4, -0.2) is 35.6 Å². The standard InChI is InChI=1S/C18H26ClN3/c1-14(12-20)17-13-22(10-9-21-7-3-2-4-8-21)18-6-5-15(19)11-16(17)18/h5-6,11,13-14H,2-4,7-10,12,20H2,1H3. The van der Waals surface area contributed by atoms with Gasteiger partial charge in [-0.05, 0) is 62.2 Å². The maximum atomic E-state index is 6.20. The summed E-state index contributed by atoms with van der Waals surface area (Å²) in [5.74, 6) is 0.359. The minimum atomic E-state index is 0.359. The van der Waals surface area contributed by atoms with Crippen molar-refractivity contribution in [1.82, 2.24) is 9.47 Å². The van der Waals surface area contributed by atoms with Crippen molar-refractivity contribution in [3.05, 3.63) is 35.0 Å². The highest BCUT2D eigenvalue weighted by atomic mass is 35.5. The topological polar surface area (TPSA) is 34.2 Å². The Morgan fingerprint density at radius 3 is 2.68 bits per heavy atom. The average Bonchev–Trinajstić information content (AvgIpc) is 2.91.